The van der Waals surface area contributed by atoms with Crippen LogP contribution >= 0.6 is 7.82 Å². The Bertz CT molecular complexity index is 1340. The second-order valence-electron chi connectivity index (χ2n) is 15.0. The van der Waals surface area contributed by atoms with Crippen molar-refractivity contribution in [2.45, 2.75) is 185 Å². The lowest BCUT2D eigenvalue weighted by molar-refractivity contribution is -0.220. The second-order valence-corrected chi connectivity index (χ2v) is 16.4. The lowest BCUT2D eigenvalue weighted by atomic mass is 9.85. The number of phosphoric acid groups is 1. The number of aliphatic hydroxyl groups excluding tert-OH is 6. The van der Waals surface area contributed by atoms with E-state index in [0.29, 0.717) is 32.1 Å². The van der Waals surface area contributed by atoms with Crippen LogP contribution in [-0.2, 0) is 32.7 Å². The second kappa shape index (κ2) is 34.8. The molecule has 0 aromatic heterocycles. The highest BCUT2D eigenvalue weighted by molar-refractivity contribution is 7.47. The molecule has 14 nitrogen and oxygen atoms in total. The van der Waals surface area contributed by atoms with Gasteiger partial charge in [0.25, 0.3) is 0 Å². The maximum absolute atomic E-state index is 12.8. The number of rotatable bonds is 34. The molecule has 0 saturated heterocycles. The van der Waals surface area contributed by atoms with Crippen LogP contribution < -0.4 is 0 Å². The van der Waals surface area contributed by atoms with Gasteiger partial charge in [0.05, 0.1) is 12.7 Å². The predicted molar refractivity (Wildman–Crippen MR) is 231 cm³/mol. The lowest BCUT2D eigenvalue weighted by Gasteiger charge is -2.41. The van der Waals surface area contributed by atoms with E-state index in [0.717, 1.165) is 51.4 Å². The minimum atomic E-state index is -5.15. The molecule has 0 bridgehead atoms. The molecule has 0 amide bonds. The third kappa shape index (κ3) is 27.2. The molecule has 1 aliphatic rings. The van der Waals surface area contributed by atoms with E-state index in [2.05, 4.69) is 19.1 Å². The first-order valence-corrected chi connectivity index (χ1v) is 23.3. The molecule has 60 heavy (non-hydrogen) atoms. The van der Waals surface area contributed by atoms with Gasteiger partial charge in [-0.25, -0.2) is 4.57 Å². The number of hydrogen-bond donors (Lipinski definition) is 7. The number of esters is 2. The number of ether oxygens (including phenoxy) is 2. The SMILES string of the molecule is CC/C=C\C(O)C/C=C/C=C\C/C=C\C/C=C\CCCC(=O)O[C@H](COC(=O)CCCCCCC/C=C\CCCCCC)COP(=O)(O)OC1[C@H](O)[C@H](O)C(O)[C@H](O)[C@H]1O. The summed E-state index contributed by atoms with van der Waals surface area (Å²) in [7, 11) is -5.15. The van der Waals surface area contributed by atoms with E-state index >= 15 is 0 Å². The van der Waals surface area contributed by atoms with Crippen molar-refractivity contribution in [2.75, 3.05) is 13.2 Å². The van der Waals surface area contributed by atoms with E-state index in [1.807, 2.05) is 61.6 Å². The minimum absolute atomic E-state index is 0.00451. The Morgan fingerprint density at radius 2 is 1.15 bits per heavy atom. The van der Waals surface area contributed by atoms with Crippen LogP contribution in [0.5, 0.6) is 0 Å². The summed E-state index contributed by atoms with van der Waals surface area (Å²) in [5, 5.41) is 59.8. The van der Waals surface area contributed by atoms with Crippen molar-refractivity contribution in [2.24, 2.45) is 0 Å². The van der Waals surface area contributed by atoms with Crippen LogP contribution in [-0.4, -0.2) is 110 Å². The highest BCUT2D eigenvalue weighted by Crippen LogP contribution is 2.47. The number of unbranched alkanes of at least 4 members (excludes halogenated alkanes) is 10. The van der Waals surface area contributed by atoms with Gasteiger partial charge >= 0.3 is 19.8 Å². The van der Waals surface area contributed by atoms with Gasteiger partial charge in [-0.2, -0.15) is 0 Å². The molecular weight excluding hydrogens is 795 g/mol. The summed E-state index contributed by atoms with van der Waals surface area (Å²) in [6.45, 7) is 2.97. The van der Waals surface area contributed by atoms with Crippen molar-refractivity contribution in [1.29, 1.82) is 0 Å². The molecule has 15 heteroatoms. The maximum Gasteiger partial charge on any atom is 0.472 e. The standard InChI is InChI=1S/C45H75O14P/c1-3-5-7-8-9-10-11-12-16-19-22-25-28-32-38(47)56-34-37(35-57-60(54,55)59-45-43(52)41(50)40(49)42(51)44(45)53)58-39(48)33-29-26-23-20-17-14-13-15-18-21-24-27-31-36(46)30-6-4-2/h6,10-11,13-14,18,20-21,23-24,27,30,36-37,40-46,49-53H,3-5,7-9,12,15-17,19,22,25-26,28-29,31-35H2,1-2H3,(H,54,55)/b11-10-,14-13-,21-18-,23-20-,27-24+,30-6-/t36?,37-,40?,41-,42+,43-,44-,45?/m1/s1. The molecule has 0 aliphatic heterocycles. The molecule has 344 valence electrons. The van der Waals surface area contributed by atoms with Gasteiger partial charge < -0.3 is 45.0 Å². The Morgan fingerprint density at radius 3 is 1.82 bits per heavy atom. The summed E-state index contributed by atoms with van der Waals surface area (Å²) < 4.78 is 33.4. The quantitative estimate of drug-likeness (QED) is 0.0115. The summed E-state index contributed by atoms with van der Waals surface area (Å²) in [5.74, 6) is -1.21. The molecule has 0 heterocycles. The third-order valence-corrected chi connectivity index (χ3v) is 10.6. The van der Waals surface area contributed by atoms with Gasteiger partial charge in [-0.15, -0.1) is 0 Å². The van der Waals surface area contributed by atoms with E-state index in [9.17, 15) is 49.7 Å². The van der Waals surface area contributed by atoms with Crippen LogP contribution in [0.1, 0.15) is 136 Å². The summed E-state index contributed by atoms with van der Waals surface area (Å²) in [5.41, 5.74) is 0. The average Bonchev–Trinajstić information content (AvgIpc) is 3.22. The highest BCUT2D eigenvalue weighted by atomic mass is 31.2. The molecule has 1 fully saturated rings. The Kier molecular flexibility index (Phi) is 32.0. The van der Waals surface area contributed by atoms with Crippen molar-refractivity contribution >= 4 is 19.8 Å². The third-order valence-electron chi connectivity index (χ3n) is 9.61. The average molecular weight is 871 g/mol. The number of hydrogen-bond acceptors (Lipinski definition) is 13. The van der Waals surface area contributed by atoms with Crippen molar-refractivity contribution < 1.29 is 68.2 Å². The van der Waals surface area contributed by atoms with Gasteiger partial charge in [0, 0.05) is 12.8 Å². The highest BCUT2D eigenvalue weighted by Gasteiger charge is 2.51. The fourth-order valence-electron chi connectivity index (χ4n) is 6.04. The van der Waals surface area contributed by atoms with Gasteiger partial charge in [-0.1, -0.05) is 125 Å². The van der Waals surface area contributed by atoms with Gasteiger partial charge in [0.2, 0.25) is 0 Å². The van der Waals surface area contributed by atoms with Crippen molar-refractivity contribution in [1.82, 2.24) is 0 Å². The summed E-state index contributed by atoms with van der Waals surface area (Å²) >= 11 is 0. The van der Waals surface area contributed by atoms with Gasteiger partial charge in [-0.3, -0.25) is 18.6 Å². The molecule has 1 aliphatic carbocycles. The lowest BCUT2D eigenvalue weighted by Crippen LogP contribution is -2.64. The first-order valence-electron chi connectivity index (χ1n) is 21.8. The number of phosphoric ester groups is 1. The first kappa shape index (κ1) is 55.3. The zero-order valence-corrected chi connectivity index (χ0v) is 36.7. The maximum atomic E-state index is 12.8. The topological polar surface area (TPSA) is 230 Å². The smallest absolute Gasteiger partial charge is 0.462 e. The van der Waals surface area contributed by atoms with Gasteiger partial charge in [-0.05, 0) is 70.6 Å². The molecule has 0 radical (unpaired) electrons. The van der Waals surface area contributed by atoms with Crippen molar-refractivity contribution in [3.8, 4) is 0 Å². The Labute approximate surface area is 358 Å². The van der Waals surface area contributed by atoms with Crippen LogP contribution in [0.2, 0.25) is 0 Å². The molecule has 4 unspecified atom stereocenters. The van der Waals surface area contributed by atoms with E-state index in [4.69, 9.17) is 18.5 Å². The molecular formula is C45H75O14P. The summed E-state index contributed by atoms with van der Waals surface area (Å²) in [6.07, 6.45) is 25.9. The van der Waals surface area contributed by atoms with E-state index in [1.54, 1.807) is 6.08 Å². The van der Waals surface area contributed by atoms with Crippen molar-refractivity contribution in [3.63, 3.8) is 0 Å². The van der Waals surface area contributed by atoms with Gasteiger partial charge in [0.1, 0.15) is 43.2 Å². The number of carbonyl (C=O) groups excluding carboxylic acids is 2. The Hall–Kier alpha value is -2.75. The molecule has 1 rings (SSSR count). The van der Waals surface area contributed by atoms with E-state index < -0.39 is 81.8 Å². The predicted octanol–water partition coefficient (Wildman–Crippen LogP) is 6.91. The molecule has 0 aromatic carbocycles. The molecule has 0 aromatic rings. The molecule has 7 N–H and O–H groups in total. The summed E-state index contributed by atoms with van der Waals surface area (Å²) in [6, 6.07) is 0. The van der Waals surface area contributed by atoms with Crippen LogP contribution in [0.15, 0.2) is 72.9 Å². The first-order chi connectivity index (χ1) is 28.8. The zero-order valence-electron chi connectivity index (χ0n) is 35.8. The van der Waals surface area contributed by atoms with Gasteiger partial charge in [0.15, 0.2) is 6.10 Å². The number of carbonyl (C=O) groups is 2. The fourth-order valence-corrected chi connectivity index (χ4v) is 7.01. The van der Waals surface area contributed by atoms with Crippen LogP contribution in [0.4, 0.5) is 0 Å². The Morgan fingerprint density at radius 1 is 0.617 bits per heavy atom. The Balaban J connectivity index is 2.56. The normalized spacial score (nSPS) is 23.4. The monoisotopic (exact) mass is 870 g/mol. The molecule has 0 spiro atoms. The number of allylic oxidation sites excluding steroid dienone is 10. The minimum Gasteiger partial charge on any atom is -0.462 e. The van der Waals surface area contributed by atoms with Crippen molar-refractivity contribution in [3.05, 3.63) is 72.9 Å². The molecule has 9 atom stereocenters. The van der Waals surface area contributed by atoms with Crippen LogP contribution in [0, 0.1) is 0 Å². The largest absolute Gasteiger partial charge is 0.472 e. The van der Waals surface area contributed by atoms with E-state index in [1.165, 1.54) is 25.7 Å². The zero-order chi connectivity index (χ0) is 44.4. The van der Waals surface area contributed by atoms with E-state index in [-0.39, 0.29) is 12.8 Å². The molecule has 1 saturated carbocycles. The van der Waals surface area contributed by atoms with Crippen LogP contribution in [0.3, 0.4) is 0 Å². The fraction of sp³-hybridized carbons (Fsp3) is 0.689. The summed E-state index contributed by atoms with van der Waals surface area (Å²) in [4.78, 5) is 35.6. The van der Waals surface area contributed by atoms with Crippen LogP contribution in [0.25, 0.3) is 0 Å². The number of aliphatic hydroxyl groups is 6.